The van der Waals surface area contributed by atoms with E-state index in [0.29, 0.717) is 0 Å². The maximum atomic E-state index is 10.1. The number of nitrogens with one attached hydrogen (secondary N) is 1. The maximum absolute atomic E-state index is 10.1. The lowest BCUT2D eigenvalue weighted by Crippen LogP contribution is -2.39. The number of carboxylic acids is 1. The topological polar surface area (TPSA) is 92.4 Å². The van der Waals surface area contributed by atoms with Crippen LogP contribution in [0.25, 0.3) is 0 Å². The smallest absolute Gasteiger partial charge is 0.320 e. The van der Waals surface area contributed by atoms with Crippen LogP contribution < -0.4 is 11.1 Å². The van der Waals surface area contributed by atoms with Gasteiger partial charge in [0.05, 0.1) is 6.54 Å². The first kappa shape index (κ1) is 8.90. The second-order valence-electron chi connectivity index (χ2n) is 1.91. The first-order chi connectivity index (χ1) is 4.54. The van der Waals surface area contributed by atoms with E-state index in [1.54, 1.807) is 0 Å². The highest BCUT2D eigenvalue weighted by Crippen LogP contribution is 1.77. The van der Waals surface area contributed by atoms with Gasteiger partial charge in [-0.2, -0.15) is 0 Å². The summed E-state index contributed by atoms with van der Waals surface area (Å²) in [5.74, 6) is -1.56. The van der Waals surface area contributed by atoms with Crippen LogP contribution in [0.5, 0.6) is 0 Å². The summed E-state index contributed by atoms with van der Waals surface area (Å²) < 4.78 is 0. The van der Waals surface area contributed by atoms with Crippen molar-refractivity contribution >= 4 is 11.9 Å². The molecule has 0 aromatic heterocycles. The molecule has 1 unspecified atom stereocenters. The molecule has 0 saturated carbocycles. The first-order valence-electron chi connectivity index (χ1n) is 2.78. The van der Waals surface area contributed by atoms with E-state index in [1.807, 2.05) is 0 Å². The van der Waals surface area contributed by atoms with Gasteiger partial charge < -0.3 is 10.8 Å². The van der Waals surface area contributed by atoms with E-state index in [2.05, 4.69) is 5.32 Å². The van der Waals surface area contributed by atoms with Crippen molar-refractivity contribution in [2.45, 2.75) is 13.0 Å². The van der Waals surface area contributed by atoms with Crippen LogP contribution in [0.1, 0.15) is 6.92 Å². The molecule has 58 valence electrons. The minimum absolute atomic E-state index is 0.104. The second kappa shape index (κ2) is 3.84. The van der Waals surface area contributed by atoms with Gasteiger partial charge in [-0.15, -0.1) is 0 Å². The molecule has 5 heteroatoms. The van der Waals surface area contributed by atoms with Crippen molar-refractivity contribution in [3.63, 3.8) is 0 Å². The minimum Gasteiger partial charge on any atom is -0.480 e. The van der Waals surface area contributed by atoms with Gasteiger partial charge in [0.25, 0.3) is 0 Å². The van der Waals surface area contributed by atoms with Gasteiger partial charge in [-0.25, -0.2) is 0 Å². The number of nitrogens with two attached hydrogens (primary N) is 1. The number of carbonyl (C=O) groups excluding carboxylic acids is 1. The Kier molecular flexibility index (Phi) is 3.42. The van der Waals surface area contributed by atoms with Gasteiger partial charge in [0.1, 0.15) is 6.04 Å². The molecule has 0 aliphatic heterocycles. The molecule has 0 spiro atoms. The highest BCUT2D eigenvalue weighted by atomic mass is 16.4. The Bertz CT molecular complexity index is 146. The Morgan fingerprint density at radius 3 is 2.50 bits per heavy atom. The normalized spacial score (nSPS) is 12.5. The van der Waals surface area contributed by atoms with Crippen LogP contribution in [-0.2, 0) is 9.59 Å². The molecular formula is C5H10N2O3. The van der Waals surface area contributed by atoms with Crippen LogP contribution >= 0.6 is 0 Å². The molecule has 0 aliphatic carbocycles. The zero-order valence-electron chi connectivity index (χ0n) is 5.63. The third-order valence-corrected chi connectivity index (χ3v) is 0.953. The first-order valence-corrected chi connectivity index (χ1v) is 2.78. The highest BCUT2D eigenvalue weighted by Gasteiger charge is 2.09. The molecule has 1 atom stereocenters. The summed E-state index contributed by atoms with van der Waals surface area (Å²) in [5.41, 5.74) is 4.75. The number of amides is 1. The van der Waals surface area contributed by atoms with Crippen molar-refractivity contribution < 1.29 is 14.7 Å². The molecule has 4 N–H and O–H groups in total. The van der Waals surface area contributed by atoms with Gasteiger partial charge in [-0.1, -0.05) is 0 Å². The van der Waals surface area contributed by atoms with E-state index in [0.717, 1.165) is 0 Å². The number of aliphatic carboxylic acids is 1. The lowest BCUT2D eigenvalue weighted by Gasteiger charge is -2.05. The average molecular weight is 146 g/mol. The summed E-state index contributed by atoms with van der Waals surface area (Å²) in [6, 6.07) is -0.729. The predicted octanol–water partition coefficient (Wildman–Crippen LogP) is -1.47. The fraction of sp³-hybridized carbons (Fsp3) is 0.600. The Morgan fingerprint density at radius 1 is 1.70 bits per heavy atom. The molecule has 0 bridgehead atoms. The van der Waals surface area contributed by atoms with Gasteiger partial charge in [-0.3, -0.25) is 14.9 Å². The van der Waals surface area contributed by atoms with Crippen LogP contribution in [0.15, 0.2) is 0 Å². The molecule has 0 aromatic carbocycles. The molecule has 0 heterocycles. The molecule has 0 rings (SSSR count). The number of primary amides is 1. The highest BCUT2D eigenvalue weighted by molar-refractivity contribution is 5.78. The average Bonchev–Trinajstić information content (AvgIpc) is 1.82. The van der Waals surface area contributed by atoms with Crippen molar-refractivity contribution in [3.8, 4) is 0 Å². The van der Waals surface area contributed by atoms with Gasteiger partial charge in [0.15, 0.2) is 0 Å². The lowest BCUT2D eigenvalue weighted by atomic mass is 10.3. The SMILES string of the molecule is CC(NCC(N)=O)C(=O)O. The van der Waals surface area contributed by atoms with Crippen LogP contribution in [0.4, 0.5) is 0 Å². The predicted molar refractivity (Wildman–Crippen MR) is 34.3 cm³/mol. The van der Waals surface area contributed by atoms with Crippen LogP contribution in [0.3, 0.4) is 0 Å². The Labute approximate surface area is 58.2 Å². The van der Waals surface area contributed by atoms with Gasteiger partial charge in [-0.05, 0) is 6.92 Å². The molecule has 0 fully saturated rings. The standard InChI is InChI=1S/C5H10N2O3/c1-3(5(9)10)7-2-4(6)8/h3,7H,2H2,1H3,(H2,6,8)(H,9,10). The van der Waals surface area contributed by atoms with Gasteiger partial charge in [0, 0.05) is 0 Å². The van der Waals surface area contributed by atoms with Crippen LogP contribution in [0.2, 0.25) is 0 Å². The van der Waals surface area contributed by atoms with Gasteiger partial charge in [0.2, 0.25) is 5.91 Å². The van der Waals surface area contributed by atoms with Crippen molar-refractivity contribution in [3.05, 3.63) is 0 Å². The van der Waals surface area contributed by atoms with E-state index in [-0.39, 0.29) is 6.54 Å². The second-order valence-corrected chi connectivity index (χ2v) is 1.91. The van der Waals surface area contributed by atoms with E-state index in [4.69, 9.17) is 10.8 Å². The number of rotatable bonds is 4. The Hall–Kier alpha value is -1.10. The van der Waals surface area contributed by atoms with Crippen LogP contribution in [0, 0.1) is 0 Å². The third-order valence-electron chi connectivity index (χ3n) is 0.953. The minimum atomic E-state index is -0.999. The summed E-state index contributed by atoms with van der Waals surface area (Å²) in [6.45, 7) is 1.33. The fourth-order valence-corrected chi connectivity index (χ4v) is 0.341. The zero-order chi connectivity index (χ0) is 8.15. The Morgan fingerprint density at radius 2 is 2.20 bits per heavy atom. The summed E-state index contributed by atoms with van der Waals surface area (Å²) in [6.07, 6.45) is 0. The summed E-state index contributed by atoms with van der Waals surface area (Å²) in [5, 5.41) is 10.7. The Balaban J connectivity index is 3.49. The van der Waals surface area contributed by atoms with E-state index >= 15 is 0 Å². The third kappa shape index (κ3) is 3.85. The summed E-state index contributed by atoms with van der Waals surface area (Å²) >= 11 is 0. The molecule has 10 heavy (non-hydrogen) atoms. The molecule has 0 aliphatic rings. The number of carboxylic acid groups (broad SMARTS) is 1. The van der Waals surface area contributed by atoms with Crippen LogP contribution in [-0.4, -0.2) is 29.6 Å². The summed E-state index contributed by atoms with van der Waals surface area (Å²) in [4.78, 5) is 20.2. The molecule has 5 nitrogen and oxygen atoms in total. The number of hydrogen-bond donors (Lipinski definition) is 3. The summed E-state index contributed by atoms with van der Waals surface area (Å²) in [7, 11) is 0. The quantitative estimate of drug-likeness (QED) is 0.451. The molecule has 0 aromatic rings. The molecule has 0 saturated heterocycles. The van der Waals surface area contributed by atoms with Crippen molar-refractivity contribution in [2.75, 3.05) is 6.54 Å². The molecular weight excluding hydrogens is 136 g/mol. The van der Waals surface area contributed by atoms with Gasteiger partial charge >= 0.3 is 5.97 Å². The van der Waals surface area contributed by atoms with E-state index < -0.39 is 17.9 Å². The number of hydrogen-bond acceptors (Lipinski definition) is 3. The van der Waals surface area contributed by atoms with Crippen molar-refractivity contribution in [1.29, 1.82) is 0 Å². The van der Waals surface area contributed by atoms with Crippen molar-refractivity contribution in [2.24, 2.45) is 5.73 Å². The maximum Gasteiger partial charge on any atom is 0.320 e. The fourth-order valence-electron chi connectivity index (χ4n) is 0.341. The van der Waals surface area contributed by atoms with Crippen molar-refractivity contribution in [1.82, 2.24) is 5.32 Å². The molecule has 0 radical (unpaired) electrons. The van der Waals surface area contributed by atoms with E-state index in [1.165, 1.54) is 6.92 Å². The zero-order valence-corrected chi connectivity index (χ0v) is 5.63. The largest absolute Gasteiger partial charge is 0.480 e. The lowest BCUT2D eigenvalue weighted by molar-refractivity contribution is -0.139. The monoisotopic (exact) mass is 146 g/mol. The molecule has 1 amide bonds. The number of carbonyl (C=O) groups is 2. The van der Waals surface area contributed by atoms with E-state index in [9.17, 15) is 9.59 Å².